The first kappa shape index (κ1) is 24.2. The van der Waals surface area contributed by atoms with Crippen molar-refractivity contribution >= 4 is 5.96 Å². The molecule has 2 rings (SSSR count). The SMILES string of the molecule is CCNC(=NCC(O)COc1cccc(C(F)(F)F)c1)NC(C)COC1CCOC1. The van der Waals surface area contributed by atoms with Gasteiger partial charge in [-0.3, -0.25) is 4.99 Å². The molecule has 0 bridgehead atoms. The Bertz CT molecular complexity index is 667. The van der Waals surface area contributed by atoms with E-state index in [1.54, 1.807) is 0 Å². The fourth-order valence-corrected chi connectivity index (χ4v) is 2.72. The molecule has 0 spiro atoms. The maximum atomic E-state index is 12.7. The normalized spacial score (nSPS) is 19.4. The van der Waals surface area contributed by atoms with Gasteiger partial charge in [0.05, 0.1) is 31.4 Å². The Labute approximate surface area is 174 Å². The molecule has 0 aromatic heterocycles. The number of alkyl halides is 3. The summed E-state index contributed by atoms with van der Waals surface area (Å²) >= 11 is 0. The highest BCUT2D eigenvalue weighted by atomic mass is 19.4. The number of nitrogens with one attached hydrogen (secondary N) is 2. The van der Waals surface area contributed by atoms with E-state index in [0.29, 0.717) is 25.7 Å². The molecular formula is C20H30F3N3O4. The van der Waals surface area contributed by atoms with Crippen LogP contribution in [0, 0.1) is 0 Å². The van der Waals surface area contributed by atoms with E-state index in [0.717, 1.165) is 25.2 Å². The van der Waals surface area contributed by atoms with Crippen LogP contribution >= 0.6 is 0 Å². The Kier molecular flexibility index (Phi) is 9.67. The number of aliphatic hydroxyl groups is 1. The molecule has 1 saturated heterocycles. The van der Waals surface area contributed by atoms with Crippen molar-refractivity contribution in [2.75, 3.05) is 39.5 Å². The van der Waals surface area contributed by atoms with Gasteiger partial charge in [-0.2, -0.15) is 13.2 Å². The molecule has 1 heterocycles. The molecule has 30 heavy (non-hydrogen) atoms. The molecule has 170 valence electrons. The maximum absolute atomic E-state index is 12.7. The smallest absolute Gasteiger partial charge is 0.416 e. The molecule has 10 heteroatoms. The molecule has 3 unspecified atom stereocenters. The minimum absolute atomic E-state index is 0.0121. The van der Waals surface area contributed by atoms with Crippen LogP contribution in [0.25, 0.3) is 0 Å². The summed E-state index contributed by atoms with van der Waals surface area (Å²) < 4.78 is 54.6. The van der Waals surface area contributed by atoms with Crippen LogP contribution in [0.1, 0.15) is 25.8 Å². The highest BCUT2D eigenvalue weighted by Crippen LogP contribution is 2.31. The van der Waals surface area contributed by atoms with E-state index in [2.05, 4.69) is 15.6 Å². The van der Waals surface area contributed by atoms with Gasteiger partial charge >= 0.3 is 6.18 Å². The molecule has 3 N–H and O–H groups in total. The Hall–Kier alpha value is -2.04. The van der Waals surface area contributed by atoms with Crippen molar-refractivity contribution < 1.29 is 32.5 Å². The van der Waals surface area contributed by atoms with Gasteiger partial charge in [0.2, 0.25) is 0 Å². The van der Waals surface area contributed by atoms with Gasteiger partial charge in [0.1, 0.15) is 18.5 Å². The molecule has 1 aromatic rings. The third-order valence-electron chi connectivity index (χ3n) is 4.26. The summed E-state index contributed by atoms with van der Waals surface area (Å²) in [6.07, 6.45) is -4.42. The van der Waals surface area contributed by atoms with Crippen molar-refractivity contribution in [1.29, 1.82) is 0 Å². The lowest BCUT2D eigenvalue weighted by atomic mass is 10.2. The number of aliphatic hydroxyl groups excluding tert-OH is 1. The Morgan fingerprint density at radius 3 is 2.83 bits per heavy atom. The second kappa shape index (κ2) is 12.0. The number of nitrogens with zero attached hydrogens (tertiary/aromatic N) is 1. The number of guanidine groups is 1. The van der Waals surface area contributed by atoms with Crippen LogP contribution in [0.15, 0.2) is 29.3 Å². The Morgan fingerprint density at radius 2 is 2.17 bits per heavy atom. The van der Waals surface area contributed by atoms with E-state index in [-0.39, 0.29) is 31.0 Å². The third-order valence-corrected chi connectivity index (χ3v) is 4.26. The molecule has 1 aromatic carbocycles. The Morgan fingerprint density at radius 1 is 1.37 bits per heavy atom. The number of ether oxygens (including phenoxy) is 3. The van der Waals surface area contributed by atoms with Crippen LogP contribution in [-0.4, -0.2) is 68.8 Å². The van der Waals surface area contributed by atoms with E-state index in [1.165, 1.54) is 12.1 Å². The van der Waals surface area contributed by atoms with Gasteiger partial charge in [-0.05, 0) is 38.5 Å². The predicted molar refractivity (Wildman–Crippen MR) is 107 cm³/mol. The number of halogens is 3. The summed E-state index contributed by atoms with van der Waals surface area (Å²) in [6.45, 7) is 6.17. The zero-order valence-corrected chi connectivity index (χ0v) is 17.2. The first-order chi connectivity index (χ1) is 14.3. The van der Waals surface area contributed by atoms with Crippen molar-refractivity contribution in [3.05, 3.63) is 29.8 Å². The number of hydrogen-bond donors (Lipinski definition) is 3. The second-order valence-corrected chi connectivity index (χ2v) is 7.07. The average Bonchev–Trinajstić information content (AvgIpc) is 3.22. The first-order valence-corrected chi connectivity index (χ1v) is 10.00. The van der Waals surface area contributed by atoms with Gasteiger partial charge in [-0.15, -0.1) is 0 Å². The second-order valence-electron chi connectivity index (χ2n) is 7.07. The zero-order valence-electron chi connectivity index (χ0n) is 17.2. The molecule has 3 atom stereocenters. The minimum atomic E-state index is -4.44. The summed E-state index contributed by atoms with van der Waals surface area (Å²) in [5.41, 5.74) is -0.800. The van der Waals surface area contributed by atoms with Gasteiger partial charge in [0.15, 0.2) is 5.96 Å². The van der Waals surface area contributed by atoms with Crippen LogP contribution in [0.3, 0.4) is 0 Å². The van der Waals surface area contributed by atoms with Crippen molar-refractivity contribution in [3.8, 4) is 5.75 Å². The van der Waals surface area contributed by atoms with E-state index in [9.17, 15) is 18.3 Å². The molecular weight excluding hydrogens is 403 g/mol. The minimum Gasteiger partial charge on any atom is -0.491 e. The van der Waals surface area contributed by atoms with Crippen molar-refractivity contribution in [1.82, 2.24) is 10.6 Å². The summed E-state index contributed by atoms with van der Waals surface area (Å²) in [7, 11) is 0. The van der Waals surface area contributed by atoms with Gasteiger partial charge in [-0.1, -0.05) is 6.07 Å². The number of benzene rings is 1. The fourth-order valence-electron chi connectivity index (χ4n) is 2.72. The summed E-state index contributed by atoms with van der Waals surface area (Å²) in [4.78, 5) is 4.31. The lowest BCUT2D eigenvalue weighted by Crippen LogP contribution is -2.45. The summed E-state index contributed by atoms with van der Waals surface area (Å²) in [6, 6.07) is 4.53. The molecule has 1 aliphatic heterocycles. The Balaban J connectivity index is 1.78. The monoisotopic (exact) mass is 433 g/mol. The predicted octanol–water partition coefficient (Wildman–Crippen LogP) is 2.19. The highest BCUT2D eigenvalue weighted by molar-refractivity contribution is 5.80. The molecule has 0 radical (unpaired) electrons. The van der Waals surface area contributed by atoms with E-state index >= 15 is 0 Å². The molecule has 1 fully saturated rings. The number of aliphatic imine (C=N–C) groups is 1. The van der Waals surface area contributed by atoms with Crippen molar-refractivity contribution in [2.45, 2.75) is 44.7 Å². The molecule has 0 saturated carbocycles. The third kappa shape index (κ3) is 8.76. The topological polar surface area (TPSA) is 84.3 Å². The van der Waals surface area contributed by atoms with Crippen LogP contribution in [0.4, 0.5) is 13.2 Å². The number of rotatable bonds is 10. The molecule has 1 aliphatic rings. The van der Waals surface area contributed by atoms with E-state index in [1.807, 2.05) is 13.8 Å². The lowest BCUT2D eigenvalue weighted by molar-refractivity contribution is -0.137. The van der Waals surface area contributed by atoms with Gasteiger partial charge < -0.3 is 30.0 Å². The van der Waals surface area contributed by atoms with Crippen LogP contribution < -0.4 is 15.4 Å². The molecule has 0 aliphatic carbocycles. The van der Waals surface area contributed by atoms with Gasteiger partial charge in [0, 0.05) is 19.2 Å². The van der Waals surface area contributed by atoms with E-state index < -0.39 is 17.8 Å². The first-order valence-electron chi connectivity index (χ1n) is 10.00. The average molecular weight is 433 g/mol. The van der Waals surface area contributed by atoms with Gasteiger partial charge in [0.25, 0.3) is 0 Å². The molecule has 7 nitrogen and oxygen atoms in total. The van der Waals surface area contributed by atoms with E-state index in [4.69, 9.17) is 14.2 Å². The van der Waals surface area contributed by atoms with Crippen LogP contribution in [-0.2, 0) is 15.7 Å². The van der Waals surface area contributed by atoms with Gasteiger partial charge in [-0.25, -0.2) is 0 Å². The fraction of sp³-hybridized carbons (Fsp3) is 0.650. The van der Waals surface area contributed by atoms with Crippen LogP contribution in [0.2, 0.25) is 0 Å². The van der Waals surface area contributed by atoms with Crippen molar-refractivity contribution in [2.24, 2.45) is 4.99 Å². The largest absolute Gasteiger partial charge is 0.491 e. The zero-order chi connectivity index (χ0) is 22.0. The quantitative estimate of drug-likeness (QED) is 0.388. The maximum Gasteiger partial charge on any atom is 0.416 e. The van der Waals surface area contributed by atoms with Crippen LogP contribution in [0.5, 0.6) is 5.75 Å². The molecule has 0 amide bonds. The summed E-state index contributed by atoms with van der Waals surface area (Å²) in [5.74, 6) is 0.550. The number of hydrogen-bond acceptors (Lipinski definition) is 5. The summed E-state index contributed by atoms with van der Waals surface area (Å²) in [5, 5.41) is 16.4. The highest BCUT2D eigenvalue weighted by Gasteiger charge is 2.30. The lowest BCUT2D eigenvalue weighted by Gasteiger charge is -2.20. The standard InChI is InChI=1S/C20H30F3N3O4/c1-3-24-19(26-14(2)11-29-18-7-8-28-13-18)25-10-16(27)12-30-17-6-4-5-15(9-17)20(21,22)23/h4-6,9,14,16,18,27H,3,7-8,10-13H2,1-2H3,(H2,24,25,26). The van der Waals surface area contributed by atoms with Crippen molar-refractivity contribution in [3.63, 3.8) is 0 Å².